The van der Waals surface area contributed by atoms with E-state index in [2.05, 4.69) is 21.4 Å². The summed E-state index contributed by atoms with van der Waals surface area (Å²) >= 11 is 0. The molecule has 0 bridgehead atoms. The molecule has 2 atom stereocenters. The van der Waals surface area contributed by atoms with E-state index in [4.69, 9.17) is 14.9 Å². The first kappa shape index (κ1) is 32.6. The number of furan rings is 1. The van der Waals surface area contributed by atoms with Crippen LogP contribution in [0.1, 0.15) is 29.9 Å². The smallest absolute Gasteiger partial charge is 0.408 e. The lowest BCUT2D eigenvalue weighted by Crippen LogP contribution is -2.54. The van der Waals surface area contributed by atoms with Crippen molar-refractivity contribution in [3.05, 3.63) is 108 Å². The fourth-order valence-corrected chi connectivity index (χ4v) is 3.63. The first-order valence-corrected chi connectivity index (χ1v) is 13.3. The number of nitrogens with zero attached hydrogens (tertiary/aromatic N) is 1. The number of alkyl carbamates (subject to hydrolysis) is 1. The van der Waals surface area contributed by atoms with Crippen molar-refractivity contribution in [2.24, 2.45) is 5.73 Å². The third kappa shape index (κ3) is 10.8. The number of primary amides is 1. The maximum Gasteiger partial charge on any atom is 0.408 e. The van der Waals surface area contributed by atoms with Gasteiger partial charge in [0, 0.05) is 12.2 Å². The number of ether oxygens (including phenoxy) is 1. The minimum Gasteiger partial charge on any atom is -0.467 e. The molecule has 0 aliphatic heterocycles. The molecule has 44 heavy (non-hydrogen) atoms. The van der Waals surface area contributed by atoms with Gasteiger partial charge in [-0.1, -0.05) is 60.7 Å². The molecule has 3 aromatic rings. The summed E-state index contributed by atoms with van der Waals surface area (Å²) < 4.78 is 10.3. The van der Waals surface area contributed by atoms with Crippen LogP contribution in [-0.4, -0.2) is 53.2 Å². The highest BCUT2D eigenvalue weighted by Crippen LogP contribution is 2.14. The zero-order chi connectivity index (χ0) is 31.9. The summed E-state index contributed by atoms with van der Waals surface area (Å²) in [5.41, 5.74) is 8.61. The fraction of sp³-hybridized carbons (Fsp3) is 0.200. The summed E-state index contributed by atoms with van der Waals surface area (Å²) in [4.78, 5) is 75.1. The normalized spacial score (nSPS) is 11.9. The van der Waals surface area contributed by atoms with Gasteiger partial charge in [-0.05, 0) is 30.2 Å². The average molecular weight is 605 g/mol. The summed E-state index contributed by atoms with van der Waals surface area (Å²) in [6, 6.07) is 17.8. The third-order valence-corrected chi connectivity index (χ3v) is 5.84. The largest absolute Gasteiger partial charge is 0.467 e. The Labute approximate surface area is 252 Å². The van der Waals surface area contributed by atoms with E-state index < -0.39 is 54.3 Å². The maximum absolute atomic E-state index is 13.4. The van der Waals surface area contributed by atoms with E-state index in [1.54, 1.807) is 66.7 Å². The van der Waals surface area contributed by atoms with E-state index in [9.17, 15) is 28.8 Å². The number of carbonyl (C=O) groups excluding carboxylic acids is 6. The van der Waals surface area contributed by atoms with Gasteiger partial charge in [-0.2, -0.15) is 0 Å². The maximum atomic E-state index is 13.4. The summed E-state index contributed by atoms with van der Waals surface area (Å²) in [5, 5.41) is 8.03. The number of hydrogen-bond acceptors (Lipinski definition) is 8. The molecule has 0 spiro atoms. The molecule has 14 nitrogen and oxygen atoms in total. The van der Waals surface area contributed by atoms with Gasteiger partial charge in [-0.3, -0.25) is 29.4 Å². The Morgan fingerprint density at radius 3 is 2.20 bits per heavy atom. The van der Waals surface area contributed by atoms with Gasteiger partial charge in [-0.25, -0.2) is 9.80 Å². The lowest BCUT2D eigenvalue weighted by atomic mass is 10.1. The van der Waals surface area contributed by atoms with Crippen LogP contribution in [0.2, 0.25) is 0 Å². The highest BCUT2D eigenvalue weighted by Gasteiger charge is 2.28. The van der Waals surface area contributed by atoms with Crippen LogP contribution in [0.3, 0.4) is 0 Å². The van der Waals surface area contributed by atoms with E-state index in [-0.39, 0.29) is 13.2 Å². The second-order valence-corrected chi connectivity index (χ2v) is 9.28. The van der Waals surface area contributed by atoms with E-state index in [0.717, 1.165) is 17.7 Å². The standard InChI is InChI=1S/C30H32N6O8/c1-20(33-30(42)44-19-21-9-4-2-5-10-21)28(40)34-27(22-11-6-3-7-12-22)29(41)35-36(18-24(31)37)26(39)15-14-25(38)32-17-23-13-8-16-43-23/h2-16,20,27H,17-19H2,1H3,(H2,31,37)(H,32,38)(H,33,42)(H,34,40)(H,35,41)/b15-14+/t20-,27+/m1/s1. The van der Waals surface area contributed by atoms with Crippen molar-refractivity contribution in [1.29, 1.82) is 0 Å². The molecule has 0 aliphatic carbocycles. The number of hydrazine groups is 1. The Kier molecular flexibility index (Phi) is 12.2. The summed E-state index contributed by atoms with van der Waals surface area (Å²) in [5.74, 6) is -3.71. The molecule has 0 saturated carbocycles. The number of hydrogen-bond donors (Lipinski definition) is 5. The van der Waals surface area contributed by atoms with Gasteiger partial charge in [0.1, 0.15) is 31.0 Å². The van der Waals surface area contributed by atoms with Gasteiger partial charge in [0.05, 0.1) is 12.8 Å². The monoisotopic (exact) mass is 604 g/mol. The molecule has 2 aromatic carbocycles. The topological polar surface area (TPSA) is 202 Å². The summed E-state index contributed by atoms with van der Waals surface area (Å²) in [6.07, 6.45) is 2.33. The van der Waals surface area contributed by atoms with Gasteiger partial charge < -0.3 is 30.8 Å². The highest BCUT2D eigenvalue weighted by atomic mass is 16.5. The lowest BCUT2D eigenvalue weighted by Gasteiger charge is -2.26. The van der Waals surface area contributed by atoms with Gasteiger partial charge >= 0.3 is 6.09 Å². The van der Waals surface area contributed by atoms with Crippen molar-refractivity contribution in [3.8, 4) is 0 Å². The van der Waals surface area contributed by atoms with Crippen molar-refractivity contribution in [2.75, 3.05) is 6.54 Å². The van der Waals surface area contributed by atoms with Gasteiger partial charge in [0.2, 0.25) is 17.7 Å². The van der Waals surface area contributed by atoms with Crippen molar-refractivity contribution in [3.63, 3.8) is 0 Å². The van der Waals surface area contributed by atoms with Crippen LogP contribution in [0.15, 0.2) is 95.6 Å². The minimum absolute atomic E-state index is 0.0140. The molecule has 1 aromatic heterocycles. The first-order valence-electron chi connectivity index (χ1n) is 13.3. The van der Waals surface area contributed by atoms with Crippen LogP contribution in [0, 0.1) is 0 Å². The summed E-state index contributed by atoms with van der Waals surface area (Å²) in [6.45, 7) is 0.718. The van der Waals surface area contributed by atoms with E-state index in [0.29, 0.717) is 16.3 Å². The predicted octanol–water partition coefficient (Wildman–Crippen LogP) is 0.970. The second kappa shape index (κ2) is 16.5. The van der Waals surface area contributed by atoms with Crippen molar-refractivity contribution < 1.29 is 37.9 Å². The Morgan fingerprint density at radius 1 is 0.886 bits per heavy atom. The van der Waals surface area contributed by atoms with Crippen molar-refractivity contribution >= 4 is 35.6 Å². The molecule has 6 amide bonds. The Morgan fingerprint density at radius 2 is 1.57 bits per heavy atom. The average Bonchev–Trinajstić information content (AvgIpc) is 3.54. The third-order valence-electron chi connectivity index (χ3n) is 5.84. The SMILES string of the molecule is C[C@@H](NC(=O)OCc1ccccc1)C(=O)N[C@H](C(=O)NN(CC(N)=O)C(=O)/C=C/C(=O)NCc1ccco1)c1ccccc1. The molecule has 230 valence electrons. The molecule has 6 N–H and O–H groups in total. The zero-order valence-electron chi connectivity index (χ0n) is 23.7. The number of nitrogens with two attached hydrogens (primary N) is 1. The van der Waals surface area contributed by atoms with Gasteiger partial charge in [-0.15, -0.1) is 0 Å². The molecule has 1 heterocycles. The van der Waals surface area contributed by atoms with E-state index in [1.807, 2.05) is 6.07 Å². The number of rotatable bonds is 13. The lowest BCUT2D eigenvalue weighted by molar-refractivity contribution is -0.142. The number of carbonyl (C=O) groups is 6. The number of amides is 6. The Bertz CT molecular complexity index is 1460. The molecular formula is C30H32N6O8. The second-order valence-electron chi connectivity index (χ2n) is 9.28. The molecule has 0 saturated heterocycles. The fourth-order valence-electron chi connectivity index (χ4n) is 3.63. The quantitative estimate of drug-likeness (QED) is 0.140. The van der Waals surface area contributed by atoms with Gasteiger partial charge in [0.15, 0.2) is 0 Å². The Hall–Kier alpha value is -5.92. The van der Waals surface area contributed by atoms with Crippen molar-refractivity contribution in [1.82, 2.24) is 26.4 Å². The van der Waals surface area contributed by atoms with Crippen LogP contribution in [-0.2, 0) is 41.9 Å². The Balaban J connectivity index is 1.64. The molecule has 0 radical (unpaired) electrons. The van der Waals surface area contributed by atoms with Crippen LogP contribution in [0.25, 0.3) is 0 Å². The minimum atomic E-state index is -1.36. The molecule has 0 unspecified atom stereocenters. The summed E-state index contributed by atoms with van der Waals surface area (Å²) in [7, 11) is 0. The number of benzene rings is 2. The molecule has 0 aliphatic rings. The molecule has 3 rings (SSSR count). The zero-order valence-corrected chi connectivity index (χ0v) is 23.7. The van der Waals surface area contributed by atoms with Crippen LogP contribution < -0.4 is 27.1 Å². The van der Waals surface area contributed by atoms with E-state index in [1.165, 1.54) is 13.2 Å². The highest BCUT2D eigenvalue weighted by molar-refractivity contribution is 5.99. The van der Waals surface area contributed by atoms with Crippen LogP contribution in [0.4, 0.5) is 4.79 Å². The molecule has 0 fully saturated rings. The van der Waals surface area contributed by atoms with E-state index >= 15 is 0 Å². The van der Waals surface area contributed by atoms with Crippen LogP contribution in [0.5, 0.6) is 0 Å². The molecule has 14 heteroatoms. The van der Waals surface area contributed by atoms with Gasteiger partial charge in [0.25, 0.3) is 11.8 Å². The predicted molar refractivity (Wildman–Crippen MR) is 155 cm³/mol. The number of nitrogens with one attached hydrogen (secondary N) is 4. The van der Waals surface area contributed by atoms with Crippen molar-refractivity contribution in [2.45, 2.75) is 32.2 Å². The first-order chi connectivity index (χ1) is 21.1. The van der Waals surface area contributed by atoms with Crippen LogP contribution >= 0.6 is 0 Å². The molecular weight excluding hydrogens is 572 g/mol.